The minimum Gasteiger partial charge on any atom is -0.496 e. The van der Waals surface area contributed by atoms with E-state index < -0.39 is 11.5 Å². The van der Waals surface area contributed by atoms with E-state index in [-0.39, 0.29) is 5.97 Å². The van der Waals surface area contributed by atoms with Gasteiger partial charge in [0.1, 0.15) is 5.75 Å². The van der Waals surface area contributed by atoms with Gasteiger partial charge in [-0.15, -0.1) is 0 Å². The monoisotopic (exact) mass is 287 g/mol. The number of fused-ring (bicyclic) bond motifs is 1. The highest BCUT2D eigenvalue weighted by Crippen LogP contribution is 2.38. The molecular formula is C17H21NO3. The maximum Gasteiger partial charge on any atom is 0.313 e. The molecule has 0 fully saturated rings. The van der Waals surface area contributed by atoms with Crippen molar-refractivity contribution in [3.63, 3.8) is 0 Å². The Morgan fingerprint density at radius 1 is 1.10 bits per heavy atom. The van der Waals surface area contributed by atoms with Gasteiger partial charge in [0.25, 0.3) is 0 Å². The fraction of sp³-hybridized carbons (Fsp3) is 0.353. The number of methoxy groups -OCH3 is 2. The predicted molar refractivity (Wildman–Crippen MR) is 83.2 cm³/mol. The van der Waals surface area contributed by atoms with Crippen molar-refractivity contribution in [1.82, 2.24) is 0 Å². The summed E-state index contributed by atoms with van der Waals surface area (Å²) >= 11 is 0. The van der Waals surface area contributed by atoms with Crippen LogP contribution in [0, 0.1) is 5.41 Å². The summed E-state index contributed by atoms with van der Waals surface area (Å²) in [5.74, 6) is 0.465. The highest BCUT2D eigenvalue weighted by Gasteiger charge is 2.37. The maximum absolute atomic E-state index is 12.0. The molecule has 21 heavy (non-hydrogen) atoms. The van der Waals surface area contributed by atoms with Crippen LogP contribution >= 0.6 is 0 Å². The lowest BCUT2D eigenvalue weighted by Crippen LogP contribution is -2.37. The van der Waals surface area contributed by atoms with Crippen LogP contribution < -0.4 is 10.5 Å². The van der Waals surface area contributed by atoms with E-state index in [0.29, 0.717) is 0 Å². The van der Waals surface area contributed by atoms with Crippen LogP contribution in [0.4, 0.5) is 0 Å². The molecule has 0 heterocycles. The Morgan fingerprint density at radius 2 is 1.71 bits per heavy atom. The molecule has 112 valence electrons. The first-order valence-electron chi connectivity index (χ1n) is 6.83. The zero-order valence-electron chi connectivity index (χ0n) is 12.8. The molecule has 2 rings (SSSR count). The molecule has 2 aromatic carbocycles. The van der Waals surface area contributed by atoms with E-state index in [1.165, 1.54) is 7.11 Å². The summed E-state index contributed by atoms with van der Waals surface area (Å²) in [4.78, 5) is 12.0. The summed E-state index contributed by atoms with van der Waals surface area (Å²) in [6.07, 6.45) is 0. The Hall–Kier alpha value is -2.07. The number of hydrogen-bond donors (Lipinski definition) is 1. The molecule has 0 radical (unpaired) electrons. The van der Waals surface area contributed by atoms with Gasteiger partial charge >= 0.3 is 5.97 Å². The second-order valence-electron chi connectivity index (χ2n) is 5.59. The zero-order valence-corrected chi connectivity index (χ0v) is 12.8. The third-order valence-corrected chi connectivity index (χ3v) is 3.96. The minimum atomic E-state index is -0.813. The normalized spacial score (nSPS) is 13.0. The lowest BCUT2D eigenvalue weighted by atomic mass is 9.79. The van der Waals surface area contributed by atoms with Gasteiger partial charge in [-0.25, -0.2) is 0 Å². The minimum absolute atomic E-state index is 0.324. The molecule has 0 saturated heterocycles. The van der Waals surface area contributed by atoms with E-state index in [1.54, 1.807) is 21.0 Å². The van der Waals surface area contributed by atoms with Gasteiger partial charge < -0.3 is 15.2 Å². The average molecular weight is 287 g/mol. The van der Waals surface area contributed by atoms with E-state index >= 15 is 0 Å². The number of esters is 1. The number of benzene rings is 2. The molecule has 1 atom stereocenters. The first-order valence-corrected chi connectivity index (χ1v) is 6.83. The highest BCUT2D eigenvalue weighted by molar-refractivity contribution is 5.92. The van der Waals surface area contributed by atoms with Crippen LogP contribution in [0.3, 0.4) is 0 Å². The van der Waals surface area contributed by atoms with Crippen LogP contribution in [0.25, 0.3) is 10.8 Å². The maximum atomic E-state index is 12.0. The van der Waals surface area contributed by atoms with E-state index in [2.05, 4.69) is 0 Å². The van der Waals surface area contributed by atoms with Crippen LogP contribution in [0.2, 0.25) is 0 Å². The standard InChI is InChI=1S/C17H21NO3/c1-17(2,16(19)21-4)15(18)13-9-10-14(20-3)12-8-6-5-7-11(12)13/h5-10,15H,18H2,1-4H3/t15-/m0/s1. The van der Waals surface area contributed by atoms with Crippen molar-refractivity contribution >= 4 is 16.7 Å². The molecule has 0 unspecified atom stereocenters. The third-order valence-electron chi connectivity index (χ3n) is 3.96. The van der Waals surface area contributed by atoms with Crippen LogP contribution in [0.5, 0.6) is 5.75 Å². The van der Waals surface area contributed by atoms with Crippen molar-refractivity contribution in [2.24, 2.45) is 11.1 Å². The summed E-state index contributed by atoms with van der Waals surface area (Å²) in [6.45, 7) is 3.59. The molecular weight excluding hydrogens is 266 g/mol. The molecule has 2 N–H and O–H groups in total. The lowest BCUT2D eigenvalue weighted by Gasteiger charge is -2.30. The largest absolute Gasteiger partial charge is 0.496 e. The summed E-state index contributed by atoms with van der Waals surface area (Å²) in [5.41, 5.74) is 6.46. The van der Waals surface area contributed by atoms with E-state index in [1.807, 2.05) is 36.4 Å². The van der Waals surface area contributed by atoms with Gasteiger partial charge in [-0.3, -0.25) is 4.79 Å². The molecule has 0 aromatic heterocycles. The summed E-state index contributed by atoms with van der Waals surface area (Å²) in [7, 11) is 3.02. The number of rotatable bonds is 4. The van der Waals surface area contributed by atoms with Gasteiger partial charge in [0.15, 0.2) is 0 Å². The first-order chi connectivity index (χ1) is 9.93. The second-order valence-corrected chi connectivity index (χ2v) is 5.59. The Labute approximate surface area is 124 Å². The second kappa shape index (κ2) is 5.74. The molecule has 4 heteroatoms. The summed E-state index contributed by atoms with van der Waals surface area (Å²) in [5, 5.41) is 1.97. The van der Waals surface area contributed by atoms with E-state index in [4.69, 9.17) is 15.2 Å². The summed E-state index contributed by atoms with van der Waals surface area (Å²) in [6, 6.07) is 11.2. The molecule has 0 amide bonds. The predicted octanol–water partition coefficient (Wildman–Crippen LogP) is 3.05. The summed E-state index contributed by atoms with van der Waals surface area (Å²) < 4.78 is 10.3. The highest BCUT2D eigenvalue weighted by atomic mass is 16.5. The van der Waals surface area contributed by atoms with Crippen molar-refractivity contribution in [2.75, 3.05) is 14.2 Å². The molecule has 0 saturated carbocycles. The van der Waals surface area contributed by atoms with Crippen molar-refractivity contribution in [3.8, 4) is 5.75 Å². The molecule has 0 aliphatic rings. The zero-order chi connectivity index (χ0) is 15.6. The Balaban J connectivity index is 2.60. The quantitative estimate of drug-likeness (QED) is 0.878. The first kappa shape index (κ1) is 15.3. The van der Waals surface area contributed by atoms with Gasteiger partial charge in [0.2, 0.25) is 0 Å². The van der Waals surface area contributed by atoms with Crippen LogP contribution in [0.15, 0.2) is 36.4 Å². The SMILES string of the molecule is COC(=O)C(C)(C)[C@@H](N)c1ccc(OC)c2ccccc12. The molecule has 0 aliphatic heterocycles. The van der Waals surface area contributed by atoms with Crippen LogP contribution in [0.1, 0.15) is 25.5 Å². The average Bonchev–Trinajstić information content (AvgIpc) is 2.52. The van der Waals surface area contributed by atoms with Gasteiger partial charge in [-0.2, -0.15) is 0 Å². The number of carbonyl (C=O) groups is 1. The third kappa shape index (κ3) is 2.59. The Bertz CT molecular complexity index is 664. The number of ether oxygens (including phenoxy) is 2. The molecule has 4 nitrogen and oxygen atoms in total. The van der Waals surface area contributed by atoms with Crippen molar-refractivity contribution in [3.05, 3.63) is 42.0 Å². The lowest BCUT2D eigenvalue weighted by molar-refractivity contribution is -0.152. The van der Waals surface area contributed by atoms with Crippen molar-refractivity contribution < 1.29 is 14.3 Å². The van der Waals surface area contributed by atoms with E-state index in [9.17, 15) is 4.79 Å². The fourth-order valence-electron chi connectivity index (χ4n) is 2.52. The van der Waals surface area contributed by atoms with Gasteiger partial charge in [0.05, 0.1) is 19.6 Å². The van der Waals surface area contributed by atoms with Crippen LogP contribution in [-0.4, -0.2) is 20.2 Å². The number of hydrogen-bond acceptors (Lipinski definition) is 4. The van der Waals surface area contributed by atoms with E-state index in [0.717, 1.165) is 22.1 Å². The molecule has 0 spiro atoms. The van der Waals surface area contributed by atoms with Gasteiger partial charge in [-0.05, 0) is 30.9 Å². The number of nitrogens with two attached hydrogens (primary N) is 1. The smallest absolute Gasteiger partial charge is 0.313 e. The molecule has 2 aromatic rings. The van der Waals surface area contributed by atoms with Gasteiger partial charge in [-0.1, -0.05) is 30.3 Å². The van der Waals surface area contributed by atoms with Crippen LogP contribution in [-0.2, 0) is 9.53 Å². The fourth-order valence-corrected chi connectivity index (χ4v) is 2.52. The van der Waals surface area contributed by atoms with Crippen molar-refractivity contribution in [2.45, 2.75) is 19.9 Å². The number of carbonyl (C=O) groups excluding carboxylic acids is 1. The molecule has 0 bridgehead atoms. The van der Waals surface area contributed by atoms with Crippen molar-refractivity contribution in [1.29, 1.82) is 0 Å². The Kier molecular flexibility index (Phi) is 4.19. The topological polar surface area (TPSA) is 61.5 Å². The molecule has 0 aliphatic carbocycles. The van der Waals surface area contributed by atoms with Gasteiger partial charge in [0, 0.05) is 11.4 Å². The Morgan fingerprint density at radius 3 is 2.29 bits per heavy atom.